The van der Waals surface area contributed by atoms with Crippen LogP contribution in [0.3, 0.4) is 0 Å². The Kier molecular flexibility index (Phi) is 4.72. The van der Waals surface area contributed by atoms with E-state index in [2.05, 4.69) is 20.4 Å². The SMILES string of the molecule is CN=C(NCc1cc(-c2ccccc2)on1)N1CC2CCCCC2C1. The van der Waals surface area contributed by atoms with Gasteiger partial charge in [0.15, 0.2) is 11.7 Å². The highest BCUT2D eigenvalue weighted by atomic mass is 16.5. The van der Waals surface area contributed by atoms with Crippen molar-refractivity contribution < 1.29 is 4.52 Å². The van der Waals surface area contributed by atoms with Crippen molar-refractivity contribution in [1.82, 2.24) is 15.4 Å². The van der Waals surface area contributed by atoms with Gasteiger partial charge in [-0.25, -0.2) is 0 Å². The first kappa shape index (κ1) is 16.2. The predicted octanol–water partition coefficient (Wildman–Crippen LogP) is 3.54. The number of hydrogen-bond acceptors (Lipinski definition) is 3. The minimum Gasteiger partial charge on any atom is -0.356 e. The number of guanidine groups is 1. The Morgan fingerprint density at radius 2 is 1.92 bits per heavy atom. The Morgan fingerprint density at radius 1 is 1.20 bits per heavy atom. The first-order valence-electron chi connectivity index (χ1n) is 9.30. The standard InChI is InChI=1S/C20H26N4O/c1-21-20(24-13-16-9-5-6-10-17(16)14-24)22-12-18-11-19(25-23-18)15-7-3-2-4-8-15/h2-4,7-8,11,16-17H,5-6,9-10,12-14H2,1H3,(H,21,22). The third kappa shape index (κ3) is 3.55. The van der Waals surface area contributed by atoms with Crippen molar-refractivity contribution in [2.75, 3.05) is 20.1 Å². The van der Waals surface area contributed by atoms with Gasteiger partial charge in [0.1, 0.15) is 5.69 Å². The van der Waals surface area contributed by atoms with E-state index < -0.39 is 0 Å². The number of rotatable bonds is 3. The zero-order chi connectivity index (χ0) is 17.1. The second-order valence-corrected chi connectivity index (χ2v) is 7.16. The zero-order valence-corrected chi connectivity index (χ0v) is 14.8. The number of aliphatic imine (C=N–C) groups is 1. The summed E-state index contributed by atoms with van der Waals surface area (Å²) in [6.45, 7) is 2.91. The van der Waals surface area contributed by atoms with E-state index in [9.17, 15) is 0 Å². The highest BCUT2D eigenvalue weighted by Gasteiger charge is 2.35. The molecule has 1 N–H and O–H groups in total. The maximum Gasteiger partial charge on any atom is 0.193 e. The monoisotopic (exact) mass is 338 g/mol. The lowest BCUT2D eigenvalue weighted by atomic mass is 9.82. The van der Waals surface area contributed by atoms with Crippen molar-refractivity contribution in [3.8, 4) is 11.3 Å². The molecule has 25 heavy (non-hydrogen) atoms. The topological polar surface area (TPSA) is 53.7 Å². The molecule has 2 fully saturated rings. The van der Waals surface area contributed by atoms with E-state index in [1.54, 1.807) is 0 Å². The molecule has 0 amide bonds. The fraction of sp³-hybridized carbons (Fsp3) is 0.500. The van der Waals surface area contributed by atoms with Gasteiger partial charge in [-0.1, -0.05) is 48.3 Å². The molecule has 1 aromatic heterocycles. The number of nitrogens with zero attached hydrogens (tertiary/aromatic N) is 3. The van der Waals surface area contributed by atoms with Crippen LogP contribution in [0.5, 0.6) is 0 Å². The van der Waals surface area contributed by atoms with Crippen molar-refractivity contribution in [3.63, 3.8) is 0 Å². The number of fused-ring (bicyclic) bond motifs is 1. The largest absolute Gasteiger partial charge is 0.356 e. The summed E-state index contributed by atoms with van der Waals surface area (Å²) in [6.07, 6.45) is 5.54. The summed E-state index contributed by atoms with van der Waals surface area (Å²) in [6, 6.07) is 12.1. The van der Waals surface area contributed by atoms with Crippen molar-refractivity contribution in [2.45, 2.75) is 32.2 Å². The normalized spacial score (nSPS) is 23.6. The smallest absolute Gasteiger partial charge is 0.193 e. The zero-order valence-electron chi connectivity index (χ0n) is 14.8. The van der Waals surface area contributed by atoms with Gasteiger partial charge in [-0.05, 0) is 24.7 Å². The van der Waals surface area contributed by atoms with Crippen molar-refractivity contribution in [3.05, 3.63) is 42.1 Å². The predicted molar refractivity (Wildman–Crippen MR) is 99.2 cm³/mol. The number of aromatic nitrogens is 1. The van der Waals surface area contributed by atoms with Gasteiger partial charge in [0.05, 0.1) is 6.54 Å². The average Bonchev–Trinajstić information content (AvgIpc) is 3.30. The van der Waals surface area contributed by atoms with E-state index in [4.69, 9.17) is 4.52 Å². The molecule has 1 saturated heterocycles. The minimum absolute atomic E-state index is 0.634. The van der Waals surface area contributed by atoms with Gasteiger partial charge in [-0.15, -0.1) is 0 Å². The summed E-state index contributed by atoms with van der Waals surface area (Å²) in [7, 11) is 1.86. The molecule has 5 heteroatoms. The van der Waals surface area contributed by atoms with Crippen LogP contribution in [0.15, 0.2) is 45.9 Å². The maximum absolute atomic E-state index is 5.48. The van der Waals surface area contributed by atoms with Gasteiger partial charge < -0.3 is 14.7 Å². The van der Waals surface area contributed by atoms with Crippen LogP contribution in [0.25, 0.3) is 11.3 Å². The molecule has 1 aromatic carbocycles. The van der Waals surface area contributed by atoms with Crippen molar-refractivity contribution in [1.29, 1.82) is 0 Å². The summed E-state index contributed by atoms with van der Waals surface area (Å²) < 4.78 is 5.48. The van der Waals surface area contributed by atoms with E-state index >= 15 is 0 Å². The molecule has 0 radical (unpaired) electrons. The first-order valence-corrected chi connectivity index (χ1v) is 9.30. The first-order chi connectivity index (χ1) is 12.3. The Hall–Kier alpha value is -2.30. The summed E-state index contributed by atoms with van der Waals surface area (Å²) >= 11 is 0. The quantitative estimate of drug-likeness (QED) is 0.687. The van der Waals surface area contributed by atoms with Crippen LogP contribution in [0.2, 0.25) is 0 Å². The lowest BCUT2D eigenvalue weighted by Crippen LogP contribution is -2.39. The van der Waals surface area contributed by atoms with E-state index in [-0.39, 0.29) is 0 Å². The number of nitrogens with one attached hydrogen (secondary N) is 1. The summed E-state index contributed by atoms with van der Waals surface area (Å²) in [5.41, 5.74) is 1.95. The molecule has 2 heterocycles. The molecule has 2 aromatic rings. The number of hydrogen-bond donors (Lipinski definition) is 1. The highest BCUT2D eigenvalue weighted by Crippen LogP contribution is 2.35. The summed E-state index contributed by atoms with van der Waals surface area (Å²) in [5, 5.41) is 7.64. The molecule has 2 unspecified atom stereocenters. The van der Waals surface area contributed by atoms with Gasteiger partial charge >= 0.3 is 0 Å². The molecule has 1 saturated carbocycles. The fourth-order valence-corrected chi connectivity index (χ4v) is 4.21. The van der Waals surface area contributed by atoms with Crippen LogP contribution in [0.4, 0.5) is 0 Å². The van der Waals surface area contributed by atoms with Crippen molar-refractivity contribution >= 4 is 5.96 Å². The second kappa shape index (κ2) is 7.30. The molecule has 0 spiro atoms. The van der Waals surface area contributed by atoms with Crippen LogP contribution in [-0.4, -0.2) is 36.2 Å². The third-order valence-electron chi connectivity index (χ3n) is 5.53. The highest BCUT2D eigenvalue weighted by molar-refractivity contribution is 5.80. The molecule has 132 valence electrons. The van der Waals surface area contributed by atoms with Gasteiger partial charge in [0.2, 0.25) is 0 Å². The number of benzene rings is 1. The lowest BCUT2D eigenvalue weighted by molar-refractivity contribution is 0.299. The summed E-state index contributed by atoms with van der Waals surface area (Å²) in [5.74, 6) is 3.49. The molecule has 2 atom stereocenters. The fourth-order valence-electron chi connectivity index (χ4n) is 4.21. The molecular weight excluding hydrogens is 312 g/mol. The van der Waals surface area contributed by atoms with Crippen LogP contribution in [0.1, 0.15) is 31.4 Å². The molecule has 4 rings (SSSR count). The summed E-state index contributed by atoms with van der Waals surface area (Å²) in [4.78, 5) is 6.90. The molecule has 5 nitrogen and oxygen atoms in total. The number of likely N-dealkylation sites (tertiary alicyclic amines) is 1. The van der Waals surface area contributed by atoms with E-state index in [1.165, 1.54) is 25.7 Å². The molecular formula is C20H26N4O. The van der Waals surface area contributed by atoms with Gasteiger partial charge in [-0.2, -0.15) is 0 Å². The van der Waals surface area contributed by atoms with E-state index in [1.807, 2.05) is 43.4 Å². The van der Waals surface area contributed by atoms with E-state index in [0.29, 0.717) is 6.54 Å². The Morgan fingerprint density at radius 3 is 2.60 bits per heavy atom. The average molecular weight is 338 g/mol. The third-order valence-corrected chi connectivity index (χ3v) is 5.53. The second-order valence-electron chi connectivity index (χ2n) is 7.16. The lowest BCUT2D eigenvalue weighted by Gasteiger charge is -2.22. The molecule has 1 aliphatic heterocycles. The van der Waals surface area contributed by atoms with E-state index in [0.717, 1.165) is 47.9 Å². The molecule has 2 aliphatic rings. The van der Waals surface area contributed by atoms with Crippen molar-refractivity contribution in [2.24, 2.45) is 16.8 Å². The van der Waals surface area contributed by atoms with Gasteiger partial charge in [-0.3, -0.25) is 4.99 Å². The maximum atomic E-state index is 5.48. The van der Waals surface area contributed by atoms with Gasteiger partial charge in [0, 0.05) is 31.8 Å². The Bertz CT molecular complexity index is 710. The Balaban J connectivity index is 1.36. The van der Waals surface area contributed by atoms with Crippen LogP contribution >= 0.6 is 0 Å². The van der Waals surface area contributed by atoms with Crippen LogP contribution < -0.4 is 5.32 Å². The molecule has 1 aliphatic carbocycles. The van der Waals surface area contributed by atoms with Crippen LogP contribution in [0, 0.1) is 11.8 Å². The minimum atomic E-state index is 0.634. The Labute approximate surface area is 149 Å². The van der Waals surface area contributed by atoms with Gasteiger partial charge in [0.25, 0.3) is 0 Å². The van der Waals surface area contributed by atoms with Crippen LogP contribution in [-0.2, 0) is 6.54 Å². The molecule has 0 bridgehead atoms.